The number of rotatable bonds is 5. The smallest absolute Gasteiger partial charge is 0.246 e. The van der Waals surface area contributed by atoms with Gasteiger partial charge < -0.3 is 9.64 Å². The molecular weight excluding hydrogens is 400 g/mol. The Labute approximate surface area is 186 Å². The number of hydrogen-bond acceptors (Lipinski definition) is 4. The minimum Gasteiger partial charge on any atom is -0.457 e. The molecule has 1 saturated heterocycles. The van der Waals surface area contributed by atoms with Crippen molar-refractivity contribution in [2.75, 3.05) is 6.54 Å². The first-order valence-electron chi connectivity index (χ1n) is 10.7. The molecule has 32 heavy (non-hydrogen) atoms. The van der Waals surface area contributed by atoms with Crippen molar-refractivity contribution in [3.8, 4) is 22.8 Å². The predicted octanol–water partition coefficient (Wildman–Crippen LogP) is 5.35. The van der Waals surface area contributed by atoms with Gasteiger partial charge >= 0.3 is 0 Å². The van der Waals surface area contributed by atoms with Gasteiger partial charge in [-0.2, -0.15) is 0 Å². The Bertz CT molecular complexity index is 1290. The van der Waals surface area contributed by atoms with Crippen LogP contribution in [-0.4, -0.2) is 31.7 Å². The summed E-state index contributed by atoms with van der Waals surface area (Å²) in [5.41, 5.74) is 3.87. The van der Waals surface area contributed by atoms with E-state index >= 15 is 0 Å². The molecule has 1 aliphatic rings. The summed E-state index contributed by atoms with van der Waals surface area (Å²) in [7, 11) is 0. The van der Waals surface area contributed by atoms with E-state index in [2.05, 4.69) is 11.6 Å². The normalized spacial score (nSPS) is 15.8. The molecule has 0 bridgehead atoms. The highest BCUT2D eigenvalue weighted by Gasteiger charge is 2.32. The van der Waals surface area contributed by atoms with E-state index in [0.717, 1.165) is 59.0 Å². The molecule has 0 unspecified atom stereocenters. The highest BCUT2D eigenvalue weighted by Crippen LogP contribution is 2.35. The fourth-order valence-electron chi connectivity index (χ4n) is 4.32. The lowest BCUT2D eigenvalue weighted by Crippen LogP contribution is -2.29. The third-order valence-corrected chi connectivity index (χ3v) is 5.84. The number of carbonyl (C=O) groups excluding carboxylic acids is 1. The summed E-state index contributed by atoms with van der Waals surface area (Å²) in [6, 6.07) is 15.8. The molecule has 4 aromatic rings. The Morgan fingerprint density at radius 2 is 2.03 bits per heavy atom. The molecule has 0 aliphatic carbocycles. The predicted molar refractivity (Wildman–Crippen MR) is 124 cm³/mol. The maximum absolute atomic E-state index is 12.4. The van der Waals surface area contributed by atoms with Gasteiger partial charge in [0.2, 0.25) is 5.91 Å². The number of aromatic nitrogens is 3. The second kappa shape index (κ2) is 8.30. The lowest BCUT2D eigenvalue weighted by Gasteiger charge is -2.22. The number of nitrogens with zero attached hydrogens (tertiary/aromatic N) is 4. The van der Waals surface area contributed by atoms with E-state index in [9.17, 15) is 4.79 Å². The second-order valence-corrected chi connectivity index (χ2v) is 7.99. The van der Waals surface area contributed by atoms with E-state index in [1.54, 1.807) is 6.20 Å². The van der Waals surface area contributed by atoms with E-state index in [-0.39, 0.29) is 11.9 Å². The summed E-state index contributed by atoms with van der Waals surface area (Å²) in [6.07, 6.45) is 8.68. The number of hydrogen-bond donors (Lipinski definition) is 0. The molecule has 1 amide bonds. The second-order valence-electron chi connectivity index (χ2n) is 7.99. The number of amides is 1. The highest BCUT2D eigenvalue weighted by molar-refractivity contribution is 5.87. The molecule has 160 valence electrons. The first-order chi connectivity index (χ1) is 15.6. The zero-order chi connectivity index (χ0) is 22.1. The Hall–Kier alpha value is -3.93. The zero-order valence-corrected chi connectivity index (χ0v) is 17.9. The summed E-state index contributed by atoms with van der Waals surface area (Å²) in [5, 5.41) is 0. The van der Waals surface area contributed by atoms with Crippen molar-refractivity contribution in [2.45, 2.75) is 25.8 Å². The minimum absolute atomic E-state index is 0.0579. The van der Waals surface area contributed by atoms with E-state index in [1.165, 1.54) is 6.08 Å². The average Bonchev–Trinajstić information content (AvgIpc) is 3.44. The lowest BCUT2D eigenvalue weighted by atomic mass is 10.1. The average molecular weight is 425 g/mol. The molecule has 0 spiro atoms. The molecule has 0 N–H and O–H groups in total. The molecule has 1 aliphatic heterocycles. The molecule has 2 aromatic heterocycles. The highest BCUT2D eigenvalue weighted by atomic mass is 16.5. The number of ether oxygens (including phenoxy) is 1. The van der Waals surface area contributed by atoms with Crippen LogP contribution in [0, 0.1) is 6.92 Å². The van der Waals surface area contributed by atoms with E-state index in [4.69, 9.17) is 9.72 Å². The van der Waals surface area contributed by atoms with Gasteiger partial charge in [-0.3, -0.25) is 14.2 Å². The zero-order valence-electron chi connectivity index (χ0n) is 17.9. The summed E-state index contributed by atoms with van der Waals surface area (Å²) in [5.74, 6) is 2.37. The number of imidazole rings is 1. The topological polar surface area (TPSA) is 59.7 Å². The maximum atomic E-state index is 12.4. The van der Waals surface area contributed by atoms with Crippen molar-refractivity contribution in [3.63, 3.8) is 0 Å². The van der Waals surface area contributed by atoms with Crippen LogP contribution in [0.15, 0.2) is 79.8 Å². The maximum Gasteiger partial charge on any atom is 0.246 e. The number of aryl methyl sites for hydroxylation is 1. The number of carbonyl (C=O) groups is 1. The molecule has 1 fully saturated rings. The van der Waals surface area contributed by atoms with E-state index in [0.29, 0.717) is 0 Å². The first-order valence-corrected chi connectivity index (χ1v) is 10.7. The number of fused-ring (bicyclic) bond motifs is 1. The van der Waals surface area contributed by atoms with Crippen molar-refractivity contribution in [2.24, 2.45) is 0 Å². The minimum atomic E-state index is -0.0759. The first kappa shape index (κ1) is 20.0. The Balaban J connectivity index is 1.50. The van der Waals surface area contributed by atoms with E-state index < -0.39 is 0 Å². The van der Waals surface area contributed by atoms with Gasteiger partial charge in [0.1, 0.15) is 17.3 Å². The molecule has 1 atom stereocenters. The molecule has 3 heterocycles. The van der Waals surface area contributed by atoms with Crippen LogP contribution < -0.4 is 4.74 Å². The third kappa shape index (κ3) is 3.64. The van der Waals surface area contributed by atoms with Gasteiger partial charge in [-0.25, -0.2) is 4.98 Å². The third-order valence-electron chi connectivity index (χ3n) is 5.84. The number of benzene rings is 2. The van der Waals surface area contributed by atoms with Crippen LogP contribution >= 0.6 is 0 Å². The van der Waals surface area contributed by atoms with Crippen molar-refractivity contribution < 1.29 is 9.53 Å². The van der Waals surface area contributed by atoms with Crippen LogP contribution in [-0.2, 0) is 4.79 Å². The van der Waals surface area contributed by atoms with Crippen LogP contribution in [0.5, 0.6) is 11.5 Å². The fourth-order valence-corrected chi connectivity index (χ4v) is 4.32. The van der Waals surface area contributed by atoms with Crippen LogP contribution in [0.25, 0.3) is 16.8 Å². The molecule has 6 heteroatoms. The summed E-state index contributed by atoms with van der Waals surface area (Å²) < 4.78 is 8.03. The molecule has 2 aromatic carbocycles. The molecule has 0 saturated carbocycles. The molecule has 0 radical (unpaired) electrons. The standard InChI is InChI=1S/C26H24N4O2/c1-3-24(31)29-14-5-8-22(29)26-28-25(23-17-27-13-15-30(23)26)19-9-11-20(12-10-19)32-21-7-4-6-18(2)16-21/h3-4,6-7,9-13,15-17,22H,1,5,8,14H2,2H3/t22-/m0/s1. The Morgan fingerprint density at radius 1 is 1.19 bits per heavy atom. The monoisotopic (exact) mass is 424 g/mol. The van der Waals surface area contributed by atoms with Gasteiger partial charge in [-0.1, -0.05) is 18.7 Å². The van der Waals surface area contributed by atoms with Crippen molar-refractivity contribution in [1.82, 2.24) is 19.3 Å². The van der Waals surface area contributed by atoms with Gasteiger partial charge in [0.15, 0.2) is 0 Å². The lowest BCUT2D eigenvalue weighted by molar-refractivity contribution is -0.127. The van der Waals surface area contributed by atoms with Gasteiger partial charge in [-0.05, 0) is 67.8 Å². The quantitative estimate of drug-likeness (QED) is 0.406. The molecule has 6 nitrogen and oxygen atoms in total. The summed E-state index contributed by atoms with van der Waals surface area (Å²) in [6.45, 7) is 6.41. The molecular formula is C26H24N4O2. The van der Waals surface area contributed by atoms with Crippen LogP contribution in [0.2, 0.25) is 0 Å². The molecule has 5 rings (SSSR count). The van der Waals surface area contributed by atoms with Gasteiger partial charge in [0, 0.05) is 24.5 Å². The SMILES string of the molecule is C=CC(=O)N1CCC[C@H]1c1nc(-c2ccc(Oc3cccc(C)c3)cc2)c2cnccn12. The van der Waals surface area contributed by atoms with Crippen LogP contribution in [0.1, 0.15) is 30.3 Å². The van der Waals surface area contributed by atoms with Crippen molar-refractivity contribution in [3.05, 3.63) is 91.2 Å². The Kier molecular flexibility index (Phi) is 5.19. The largest absolute Gasteiger partial charge is 0.457 e. The Morgan fingerprint density at radius 3 is 2.81 bits per heavy atom. The van der Waals surface area contributed by atoms with Gasteiger partial charge in [0.05, 0.1) is 23.4 Å². The summed E-state index contributed by atoms with van der Waals surface area (Å²) in [4.78, 5) is 23.5. The van der Waals surface area contributed by atoms with Crippen LogP contribution in [0.3, 0.4) is 0 Å². The van der Waals surface area contributed by atoms with E-state index in [1.807, 2.05) is 77.1 Å². The van der Waals surface area contributed by atoms with Gasteiger partial charge in [0.25, 0.3) is 0 Å². The summed E-state index contributed by atoms with van der Waals surface area (Å²) >= 11 is 0. The van der Waals surface area contributed by atoms with Gasteiger partial charge in [-0.15, -0.1) is 0 Å². The fraction of sp³-hybridized carbons (Fsp3) is 0.192. The number of likely N-dealkylation sites (tertiary alicyclic amines) is 1. The van der Waals surface area contributed by atoms with Crippen LogP contribution in [0.4, 0.5) is 0 Å². The van der Waals surface area contributed by atoms with Crippen molar-refractivity contribution >= 4 is 11.4 Å². The van der Waals surface area contributed by atoms with Crippen molar-refractivity contribution in [1.29, 1.82) is 0 Å².